The molecule has 1 aromatic rings. The molecule has 9 heavy (non-hydrogen) atoms. The molecule has 0 aromatic heterocycles. The molecular formula is C6H5FNO. The Bertz CT molecular complexity index is 224. The van der Waals surface area contributed by atoms with Gasteiger partial charge in [-0.15, -0.1) is 0 Å². The molecule has 1 radical (unpaired) electrons. The highest BCUT2D eigenvalue weighted by Crippen LogP contribution is 2.15. The van der Waals surface area contributed by atoms with Crippen LogP contribution < -0.4 is 5.73 Å². The maximum absolute atomic E-state index is 12.2. The van der Waals surface area contributed by atoms with Gasteiger partial charge in [0.2, 0.25) is 0 Å². The normalized spacial score (nSPS) is 9.44. The van der Waals surface area contributed by atoms with Gasteiger partial charge in [-0.05, 0) is 6.07 Å². The van der Waals surface area contributed by atoms with E-state index in [1.165, 1.54) is 0 Å². The topological polar surface area (TPSA) is 46.2 Å². The second kappa shape index (κ2) is 1.93. The first-order chi connectivity index (χ1) is 4.20. The summed E-state index contributed by atoms with van der Waals surface area (Å²) in [4.78, 5) is 0. The molecule has 0 aliphatic rings. The predicted molar refractivity (Wildman–Crippen MR) is 31.3 cm³/mol. The standard InChI is InChI=1S/C6H5FNO/c7-5-3-4(8)1-2-6(5)9/h2-3,9H,8H2. The van der Waals surface area contributed by atoms with E-state index < -0.39 is 11.6 Å². The number of phenolic OH excluding ortho intramolecular Hbond substituents is 1. The van der Waals surface area contributed by atoms with Crippen molar-refractivity contribution in [2.24, 2.45) is 0 Å². The van der Waals surface area contributed by atoms with Crippen LogP contribution in [-0.4, -0.2) is 5.11 Å². The number of benzene rings is 1. The summed E-state index contributed by atoms with van der Waals surface area (Å²) in [6, 6.07) is 4.53. The largest absolute Gasteiger partial charge is 0.505 e. The molecule has 1 aromatic carbocycles. The Morgan fingerprint density at radius 1 is 1.67 bits per heavy atom. The number of nitrogens with two attached hydrogens (primary N) is 1. The first kappa shape index (κ1) is 5.88. The highest BCUT2D eigenvalue weighted by molar-refractivity contribution is 5.40. The van der Waals surface area contributed by atoms with Gasteiger partial charge in [-0.2, -0.15) is 0 Å². The van der Waals surface area contributed by atoms with Gasteiger partial charge in [0.25, 0.3) is 0 Å². The van der Waals surface area contributed by atoms with Crippen molar-refractivity contribution in [1.29, 1.82) is 0 Å². The zero-order valence-electron chi connectivity index (χ0n) is 4.56. The molecule has 0 unspecified atom stereocenters. The Hall–Kier alpha value is -1.25. The molecule has 0 aliphatic heterocycles. The van der Waals surface area contributed by atoms with E-state index in [0.717, 1.165) is 12.1 Å². The fourth-order valence-electron chi connectivity index (χ4n) is 0.473. The van der Waals surface area contributed by atoms with E-state index in [0.29, 0.717) is 0 Å². The highest BCUT2D eigenvalue weighted by Gasteiger charge is 1.97. The fraction of sp³-hybridized carbons (Fsp3) is 0. The number of aromatic hydroxyl groups is 1. The Morgan fingerprint density at radius 3 is 2.78 bits per heavy atom. The van der Waals surface area contributed by atoms with Crippen LogP contribution in [0.25, 0.3) is 0 Å². The molecule has 1 rings (SSSR count). The van der Waals surface area contributed by atoms with E-state index in [2.05, 4.69) is 6.07 Å². The highest BCUT2D eigenvalue weighted by atomic mass is 19.1. The number of hydrogen-bond acceptors (Lipinski definition) is 2. The molecule has 0 atom stereocenters. The summed E-state index contributed by atoms with van der Waals surface area (Å²) in [5.41, 5.74) is 5.31. The second-order valence-electron chi connectivity index (χ2n) is 1.62. The second-order valence-corrected chi connectivity index (χ2v) is 1.62. The van der Waals surface area contributed by atoms with Crippen LogP contribution in [0.1, 0.15) is 0 Å². The summed E-state index contributed by atoms with van der Waals surface area (Å²) < 4.78 is 12.2. The summed E-state index contributed by atoms with van der Waals surface area (Å²) in [5, 5.41) is 8.58. The van der Waals surface area contributed by atoms with Crippen molar-refractivity contribution < 1.29 is 9.50 Å². The van der Waals surface area contributed by atoms with Gasteiger partial charge < -0.3 is 10.8 Å². The van der Waals surface area contributed by atoms with E-state index in [9.17, 15) is 4.39 Å². The van der Waals surface area contributed by atoms with Crippen molar-refractivity contribution >= 4 is 5.69 Å². The minimum atomic E-state index is -0.716. The summed E-state index contributed by atoms with van der Waals surface area (Å²) >= 11 is 0. The molecule has 0 bridgehead atoms. The zero-order chi connectivity index (χ0) is 6.85. The number of hydrogen-bond donors (Lipinski definition) is 2. The van der Waals surface area contributed by atoms with Crippen LogP contribution in [0, 0.1) is 11.9 Å². The van der Waals surface area contributed by atoms with Gasteiger partial charge >= 0.3 is 0 Å². The van der Waals surface area contributed by atoms with Crippen LogP contribution in [0.2, 0.25) is 0 Å². The van der Waals surface area contributed by atoms with Crippen molar-refractivity contribution in [2.75, 3.05) is 5.73 Å². The molecule has 0 spiro atoms. The number of nitrogen functional groups attached to an aromatic ring is 1. The average molecular weight is 126 g/mol. The first-order valence-corrected chi connectivity index (χ1v) is 2.36. The summed E-state index contributed by atoms with van der Waals surface area (Å²) in [6.07, 6.45) is 0. The van der Waals surface area contributed by atoms with Gasteiger partial charge in [-0.3, -0.25) is 0 Å². The lowest BCUT2D eigenvalue weighted by atomic mass is 10.3. The third-order valence-electron chi connectivity index (χ3n) is 0.902. The van der Waals surface area contributed by atoms with E-state index in [4.69, 9.17) is 10.8 Å². The van der Waals surface area contributed by atoms with Crippen molar-refractivity contribution in [3.63, 3.8) is 0 Å². The maximum Gasteiger partial charge on any atom is 0.166 e. The Labute approximate surface area is 51.7 Å². The molecular weight excluding hydrogens is 121 g/mol. The van der Waals surface area contributed by atoms with E-state index in [-0.39, 0.29) is 5.69 Å². The molecule has 3 heteroatoms. The monoisotopic (exact) mass is 126 g/mol. The van der Waals surface area contributed by atoms with Crippen LogP contribution >= 0.6 is 0 Å². The third kappa shape index (κ3) is 1.10. The number of phenols is 1. The molecule has 0 amide bonds. The lowest BCUT2D eigenvalue weighted by Gasteiger charge is -1.93. The Morgan fingerprint density at radius 2 is 2.33 bits per heavy atom. The quantitative estimate of drug-likeness (QED) is 0.401. The Balaban J connectivity index is 3.17. The van der Waals surface area contributed by atoms with Gasteiger partial charge in [-0.25, -0.2) is 4.39 Å². The minimum Gasteiger partial charge on any atom is -0.505 e. The summed E-state index contributed by atoms with van der Waals surface area (Å²) in [7, 11) is 0. The average Bonchev–Trinajstić information content (AvgIpc) is 1.80. The van der Waals surface area contributed by atoms with Crippen molar-refractivity contribution in [3.8, 4) is 5.75 Å². The molecule has 3 N–H and O–H groups in total. The molecule has 47 valence electrons. The van der Waals surface area contributed by atoms with Crippen molar-refractivity contribution in [2.45, 2.75) is 0 Å². The van der Waals surface area contributed by atoms with Crippen LogP contribution in [0.5, 0.6) is 5.75 Å². The van der Waals surface area contributed by atoms with Crippen LogP contribution in [0.4, 0.5) is 10.1 Å². The van der Waals surface area contributed by atoms with E-state index in [1.807, 2.05) is 0 Å². The van der Waals surface area contributed by atoms with Crippen molar-refractivity contribution in [1.82, 2.24) is 0 Å². The van der Waals surface area contributed by atoms with Gasteiger partial charge in [0.15, 0.2) is 11.6 Å². The van der Waals surface area contributed by atoms with Gasteiger partial charge in [0.05, 0.1) is 0 Å². The Kier molecular flexibility index (Phi) is 1.26. The smallest absolute Gasteiger partial charge is 0.166 e. The number of halogens is 1. The van der Waals surface area contributed by atoms with Crippen LogP contribution in [-0.2, 0) is 0 Å². The zero-order valence-corrected chi connectivity index (χ0v) is 4.56. The number of anilines is 1. The maximum atomic E-state index is 12.2. The van der Waals surface area contributed by atoms with Crippen LogP contribution in [0.3, 0.4) is 0 Å². The van der Waals surface area contributed by atoms with E-state index in [1.54, 1.807) is 0 Å². The molecule has 0 saturated heterocycles. The van der Waals surface area contributed by atoms with Crippen molar-refractivity contribution in [3.05, 3.63) is 24.0 Å². The summed E-state index contributed by atoms with van der Waals surface area (Å²) in [5.74, 6) is -1.14. The number of rotatable bonds is 0. The lowest BCUT2D eigenvalue weighted by molar-refractivity contribution is 0.432. The SMILES string of the molecule is Nc1[c]cc(O)c(F)c1. The van der Waals surface area contributed by atoms with Gasteiger partial charge in [-0.1, -0.05) is 0 Å². The minimum absolute atomic E-state index is 0.185. The third-order valence-corrected chi connectivity index (χ3v) is 0.902. The van der Waals surface area contributed by atoms with Gasteiger partial charge in [0, 0.05) is 17.8 Å². The molecule has 0 heterocycles. The molecule has 2 nitrogen and oxygen atoms in total. The van der Waals surface area contributed by atoms with Crippen LogP contribution in [0.15, 0.2) is 12.1 Å². The molecule has 0 aliphatic carbocycles. The lowest BCUT2D eigenvalue weighted by Crippen LogP contribution is -1.85. The summed E-state index contributed by atoms with van der Waals surface area (Å²) in [6.45, 7) is 0. The van der Waals surface area contributed by atoms with Gasteiger partial charge in [0.1, 0.15) is 0 Å². The molecule has 0 saturated carbocycles. The predicted octanol–water partition coefficient (Wildman–Crippen LogP) is 0.914. The molecule has 0 fully saturated rings. The fourth-order valence-corrected chi connectivity index (χ4v) is 0.473. The van der Waals surface area contributed by atoms with E-state index >= 15 is 0 Å². The first-order valence-electron chi connectivity index (χ1n) is 2.36.